The Balaban J connectivity index is 0.000000154. The van der Waals surface area contributed by atoms with Gasteiger partial charge in [-0.3, -0.25) is 0 Å². The molecule has 1 aliphatic rings. The summed E-state index contributed by atoms with van der Waals surface area (Å²) < 4.78 is 14.1. The lowest BCUT2D eigenvalue weighted by Crippen LogP contribution is -2.41. The second-order valence-corrected chi connectivity index (χ2v) is 27.7. The summed E-state index contributed by atoms with van der Waals surface area (Å²) in [5, 5.41) is 0. The molecule has 0 spiro atoms. The highest BCUT2D eigenvalue weighted by Crippen LogP contribution is 2.38. The van der Waals surface area contributed by atoms with Gasteiger partial charge in [-0.25, -0.2) is 59.8 Å². The molecule has 0 atom stereocenters. The lowest BCUT2D eigenvalue weighted by atomic mass is 9.79. The fourth-order valence-corrected chi connectivity index (χ4v) is 12.9. The summed E-state index contributed by atoms with van der Waals surface area (Å²) in [5.41, 5.74) is 18.8. The maximum atomic E-state index is 6.08. The molecule has 14 nitrogen and oxygen atoms in total. The Morgan fingerprint density at radius 3 is 0.733 bits per heavy atom. The van der Waals surface area contributed by atoms with E-state index in [1.54, 1.807) is 0 Å². The number of hydrogen-bond acceptors (Lipinski definition) is 14. The Kier molecular flexibility index (Phi) is 20.4. The van der Waals surface area contributed by atoms with E-state index in [9.17, 15) is 0 Å². The molecule has 0 amide bonds. The van der Waals surface area contributed by atoms with Crippen LogP contribution in [0.1, 0.15) is 61.9 Å². The average molecular weight is 1450 g/mol. The van der Waals surface area contributed by atoms with E-state index in [4.69, 9.17) is 39.2 Å². The van der Waals surface area contributed by atoms with Crippen molar-refractivity contribution < 1.29 is 9.31 Å². The summed E-state index contributed by atoms with van der Waals surface area (Å²) >= 11 is 7.07. The zero-order chi connectivity index (χ0) is 70.4. The molecule has 0 radical (unpaired) electrons. The number of rotatable bonds is 12. The number of nitrogens with zero attached hydrogens (tertiary/aromatic N) is 12. The summed E-state index contributed by atoms with van der Waals surface area (Å²) in [6.07, 6.45) is 0. The van der Waals surface area contributed by atoms with Crippen LogP contribution in [0.4, 0.5) is 0 Å². The van der Waals surface area contributed by atoms with Gasteiger partial charge in [0.2, 0.25) is 0 Å². The highest BCUT2D eigenvalue weighted by atomic mass is 79.9. The van der Waals surface area contributed by atoms with Gasteiger partial charge in [-0.2, -0.15) is 0 Å². The molecule has 0 aliphatic carbocycles. The number of aryl methyl sites for hydroxylation is 6. The SMILES string of the molecule is Brc1cc(Br)cc(-c2nc(-c3ccccc3)nc(-c3ccccc3)n2)c1.Cc1cc(C)nc(-c2ccc(-c3cc(-c4ccc(-c5nc(C)cc(C)n5)cc4)cc(-c4nc(-c5ccccc5)nc(-c5ccccc5)n4)c3)cc2)n1.Cc1cc(C)nc(-c2ccc(B3OC(C)(C)C(C)(C)O3)cc2)n1. The Labute approximate surface area is 606 Å². The maximum absolute atomic E-state index is 6.08. The lowest BCUT2D eigenvalue weighted by molar-refractivity contribution is 0.00578. The van der Waals surface area contributed by atoms with Crippen LogP contribution in [0.3, 0.4) is 0 Å². The first-order valence-corrected chi connectivity index (χ1v) is 34.8. The molecule has 1 saturated heterocycles. The van der Waals surface area contributed by atoms with Crippen LogP contribution in [0.25, 0.3) is 125 Å². The van der Waals surface area contributed by atoms with Gasteiger partial charge < -0.3 is 9.31 Å². The van der Waals surface area contributed by atoms with Gasteiger partial charge in [-0.1, -0.05) is 226 Å². The van der Waals surface area contributed by atoms with Crippen molar-refractivity contribution >= 4 is 44.4 Å². The van der Waals surface area contributed by atoms with E-state index in [0.717, 1.165) is 138 Å². The topological polar surface area (TPSA) is 173 Å². The van der Waals surface area contributed by atoms with Crippen molar-refractivity contribution in [2.24, 2.45) is 0 Å². The first kappa shape index (κ1) is 68.7. The van der Waals surface area contributed by atoms with Crippen LogP contribution in [-0.4, -0.2) is 78.1 Å². The Morgan fingerprint density at radius 2 is 0.446 bits per heavy atom. The van der Waals surface area contributed by atoms with Crippen LogP contribution >= 0.6 is 31.9 Å². The van der Waals surface area contributed by atoms with E-state index in [1.807, 2.05) is 224 Å². The molecule has 1 aliphatic heterocycles. The van der Waals surface area contributed by atoms with Gasteiger partial charge >= 0.3 is 7.12 Å². The van der Waals surface area contributed by atoms with Gasteiger partial charge in [0, 0.05) is 93.2 Å². The van der Waals surface area contributed by atoms with E-state index in [0.29, 0.717) is 34.9 Å². The van der Waals surface area contributed by atoms with Crippen LogP contribution < -0.4 is 5.46 Å². The van der Waals surface area contributed by atoms with E-state index >= 15 is 0 Å². The number of hydrogen-bond donors (Lipinski definition) is 0. The van der Waals surface area contributed by atoms with Gasteiger partial charge in [0.05, 0.1) is 11.2 Å². The normalized spacial score (nSPS) is 12.8. The van der Waals surface area contributed by atoms with Crippen LogP contribution in [0.5, 0.6) is 0 Å². The van der Waals surface area contributed by atoms with Crippen molar-refractivity contribution in [3.8, 4) is 125 Å². The van der Waals surface area contributed by atoms with E-state index < -0.39 is 0 Å². The molecule has 0 bridgehead atoms. The molecule has 0 saturated carbocycles. The number of halogens is 2. The Bertz CT molecular complexity index is 4950. The van der Waals surface area contributed by atoms with Crippen molar-refractivity contribution in [2.45, 2.75) is 80.4 Å². The molecule has 17 heteroatoms. The molecule has 14 aromatic rings. The van der Waals surface area contributed by atoms with Gasteiger partial charge in [0.15, 0.2) is 52.4 Å². The minimum atomic E-state index is -0.339. The summed E-state index contributed by atoms with van der Waals surface area (Å²) in [6, 6.07) is 83.4. The molecular formula is C84H71BBr2N12O2. The van der Waals surface area contributed by atoms with Crippen molar-refractivity contribution in [1.29, 1.82) is 0 Å². The smallest absolute Gasteiger partial charge is 0.399 e. The zero-order valence-corrected chi connectivity index (χ0v) is 60.9. The van der Waals surface area contributed by atoms with Crippen molar-refractivity contribution in [1.82, 2.24) is 59.8 Å². The maximum Gasteiger partial charge on any atom is 0.494 e. The van der Waals surface area contributed by atoms with Gasteiger partial charge in [0.1, 0.15) is 0 Å². The molecule has 1 fully saturated rings. The molecule has 101 heavy (non-hydrogen) atoms. The third kappa shape index (κ3) is 16.6. The summed E-state index contributed by atoms with van der Waals surface area (Å²) in [6.45, 7) is 20.2. The molecule has 6 heterocycles. The van der Waals surface area contributed by atoms with Gasteiger partial charge in [0.25, 0.3) is 0 Å². The van der Waals surface area contributed by atoms with E-state index in [-0.39, 0.29) is 18.3 Å². The predicted octanol–water partition coefficient (Wildman–Crippen LogP) is 19.8. The van der Waals surface area contributed by atoms with Crippen molar-refractivity contribution in [3.05, 3.63) is 292 Å². The van der Waals surface area contributed by atoms with Crippen LogP contribution in [0.2, 0.25) is 0 Å². The van der Waals surface area contributed by atoms with E-state index in [1.165, 1.54) is 0 Å². The molecule has 5 aromatic heterocycles. The average Bonchev–Trinajstić information content (AvgIpc) is 1.76. The third-order valence-electron chi connectivity index (χ3n) is 17.3. The number of aromatic nitrogens is 12. The standard InChI is InChI=1S/C45H35N7.C21H13Br2N3.C18H23BN2O2/c1-28-23-29(2)47-41(46-28)36-19-15-32(16-20-36)38-25-39(33-17-21-37(22-18-33)42-48-30(3)24-31(4)49-42)27-40(26-38)45-51-43(34-11-7-5-8-12-34)50-44(52-45)35-13-9-6-10-14-35;22-17-11-16(12-18(23)13-17)21-25-19(14-7-3-1-4-8-14)24-20(26-21)15-9-5-2-6-10-15;1-12-11-13(2)21-16(20-12)14-7-9-15(10-8-14)19-22-17(3,4)18(5,6)23-19/h5-27H,1-4H3;1-13H;7-11H,1-6H3. The fourth-order valence-electron chi connectivity index (χ4n) is 11.6. The van der Waals surface area contributed by atoms with Crippen LogP contribution in [-0.2, 0) is 9.31 Å². The highest BCUT2D eigenvalue weighted by Gasteiger charge is 2.51. The zero-order valence-electron chi connectivity index (χ0n) is 57.7. The third-order valence-corrected chi connectivity index (χ3v) is 18.2. The molecular weight excluding hydrogens is 1380 g/mol. The molecule has 0 unspecified atom stereocenters. The summed E-state index contributed by atoms with van der Waals surface area (Å²) in [5.74, 6) is 5.98. The van der Waals surface area contributed by atoms with Crippen molar-refractivity contribution in [2.75, 3.05) is 0 Å². The quantitative estimate of drug-likeness (QED) is 0.106. The van der Waals surface area contributed by atoms with Crippen LogP contribution in [0, 0.1) is 41.5 Å². The Hall–Kier alpha value is -10.8. The second-order valence-electron chi connectivity index (χ2n) is 25.8. The summed E-state index contributed by atoms with van der Waals surface area (Å²) in [4.78, 5) is 56.9. The molecule has 15 rings (SSSR count). The lowest BCUT2D eigenvalue weighted by Gasteiger charge is -2.32. The Morgan fingerprint density at radius 1 is 0.228 bits per heavy atom. The first-order valence-electron chi connectivity index (χ1n) is 33.2. The molecule has 9 aromatic carbocycles. The predicted molar refractivity (Wildman–Crippen MR) is 412 cm³/mol. The second kappa shape index (κ2) is 29.9. The summed E-state index contributed by atoms with van der Waals surface area (Å²) in [7, 11) is -0.339. The van der Waals surface area contributed by atoms with Gasteiger partial charge in [-0.05, 0) is 152 Å². The van der Waals surface area contributed by atoms with Crippen molar-refractivity contribution in [3.63, 3.8) is 0 Å². The number of benzene rings is 9. The highest BCUT2D eigenvalue weighted by molar-refractivity contribution is 9.11. The molecule has 0 N–H and O–H groups in total. The minimum absolute atomic E-state index is 0.326. The first-order chi connectivity index (χ1) is 48.7. The van der Waals surface area contributed by atoms with Crippen LogP contribution in [0.15, 0.2) is 258 Å². The molecule has 496 valence electrons. The van der Waals surface area contributed by atoms with Gasteiger partial charge in [-0.15, -0.1) is 0 Å². The minimum Gasteiger partial charge on any atom is -0.399 e. The monoisotopic (exact) mass is 1450 g/mol. The fraction of sp³-hybridized carbons (Fsp3) is 0.143. The largest absolute Gasteiger partial charge is 0.494 e. The van der Waals surface area contributed by atoms with E-state index in [2.05, 4.69) is 156 Å².